The Morgan fingerprint density at radius 1 is 1.21 bits per heavy atom. The Balaban J connectivity index is 1.61. The van der Waals surface area contributed by atoms with Gasteiger partial charge in [0, 0.05) is 31.1 Å². The molecule has 1 aliphatic heterocycles. The summed E-state index contributed by atoms with van der Waals surface area (Å²) in [6.07, 6.45) is 0.620. The first kappa shape index (κ1) is 20.8. The fraction of sp³-hybridized carbons (Fsp3) is 0.476. The van der Waals surface area contributed by atoms with Crippen LogP contribution in [0.2, 0.25) is 0 Å². The lowest BCUT2D eigenvalue weighted by Crippen LogP contribution is -2.42. The summed E-state index contributed by atoms with van der Waals surface area (Å²) < 4.78 is 19.3. The second-order valence-corrected chi connectivity index (χ2v) is 7.65. The molecule has 1 saturated heterocycles. The highest BCUT2D eigenvalue weighted by atomic mass is 32.1. The van der Waals surface area contributed by atoms with Crippen LogP contribution >= 0.6 is 11.3 Å². The number of guanidine groups is 1. The molecule has 0 bridgehead atoms. The average molecular weight is 405 g/mol. The van der Waals surface area contributed by atoms with Crippen molar-refractivity contribution < 1.29 is 9.13 Å². The van der Waals surface area contributed by atoms with Gasteiger partial charge in [-0.05, 0) is 36.4 Å². The van der Waals surface area contributed by atoms with E-state index in [0.29, 0.717) is 19.5 Å². The fourth-order valence-electron chi connectivity index (χ4n) is 3.29. The van der Waals surface area contributed by atoms with Crippen molar-refractivity contribution >= 4 is 17.3 Å². The van der Waals surface area contributed by atoms with E-state index in [1.165, 1.54) is 10.9 Å². The molecule has 1 unspecified atom stereocenters. The van der Waals surface area contributed by atoms with Crippen LogP contribution in [0.5, 0.6) is 0 Å². The van der Waals surface area contributed by atoms with Gasteiger partial charge in [-0.3, -0.25) is 9.89 Å². The van der Waals surface area contributed by atoms with Gasteiger partial charge >= 0.3 is 0 Å². The molecule has 7 heteroatoms. The minimum absolute atomic E-state index is 0.156. The van der Waals surface area contributed by atoms with Crippen LogP contribution in [0.1, 0.15) is 23.4 Å². The number of nitrogens with zero attached hydrogens (tertiary/aromatic N) is 2. The molecule has 1 atom stereocenters. The van der Waals surface area contributed by atoms with E-state index in [4.69, 9.17) is 9.73 Å². The number of morpholine rings is 1. The van der Waals surface area contributed by atoms with Crippen molar-refractivity contribution in [2.45, 2.75) is 19.4 Å². The third kappa shape index (κ3) is 6.02. The minimum Gasteiger partial charge on any atom is -0.379 e. The first-order valence-electron chi connectivity index (χ1n) is 9.88. The van der Waals surface area contributed by atoms with Crippen LogP contribution in [-0.4, -0.2) is 56.8 Å². The fourth-order valence-corrected chi connectivity index (χ4v) is 4.14. The van der Waals surface area contributed by atoms with E-state index in [1.54, 1.807) is 17.4 Å². The van der Waals surface area contributed by atoms with E-state index < -0.39 is 0 Å². The highest BCUT2D eigenvalue weighted by Gasteiger charge is 2.23. The lowest BCUT2D eigenvalue weighted by atomic mass is 10.1. The predicted octanol–water partition coefficient (Wildman–Crippen LogP) is 3.06. The number of hydrogen-bond acceptors (Lipinski definition) is 4. The average Bonchev–Trinajstić information content (AvgIpc) is 3.25. The van der Waals surface area contributed by atoms with Crippen molar-refractivity contribution in [2.75, 3.05) is 45.9 Å². The molecule has 2 heterocycles. The van der Waals surface area contributed by atoms with Crippen molar-refractivity contribution in [3.63, 3.8) is 0 Å². The molecule has 1 aliphatic rings. The van der Waals surface area contributed by atoms with E-state index in [9.17, 15) is 4.39 Å². The maximum absolute atomic E-state index is 13.8. The Hall–Kier alpha value is -1.96. The van der Waals surface area contributed by atoms with Gasteiger partial charge in [0.15, 0.2) is 5.96 Å². The summed E-state index contributed by atoms with van der Waals surface area (Å²) >= 11 is 1.77. The van der Waals surface area contributed by atoms with Crippen LogP contribution in [0.3, 0.4) is 0 Å². The number of nitrogens with one attached hydrogen (secondary N) is 2. The Morgan fingerprint density at radius 2 is 2.04 bits per heavy atom. The lowest BCUT2D eigenvalue weighted by molar-refractivity contribution is 0.0186. The quantitative estimate of drug-likeness (QED) is 0.524. The summed E-state index contributed by atoms with van der Waals surface area (Å²) in [6, 6.07) is 11.4. The molecule has 1 fully saturated rings. The second kappa shape index (κ2) is 11.1. The first-order valence-corrected chi connectivity index (χ1v) is 10.8. The van der Waals surface area contributed by atoms with E-state index in [0.717, 1.165) is 44.4 Å². The minimum atomic E-state index is -0.156. The lowest BCUT2D eigenvalue weighted by Gasteiger charge is -2.33. The van der Waals surface area contributed by atoms with Crippen LogP contribution in [0, 0.1) is 5.82 Å². The number of thiophene rings is 1. The summed E-state index contributed by atoms with van der Waals surface area (Å²) in [6.45, 7) is 7.53. The van der Waals surface area contributed by atoms with Crippen molar-refractivity contribution in [2.24, 2.45) is 4.99 Å². The Bertz CT molecular complexity index is 732. The SMILES string of the molecule is CCNC(=NCC(c1cccs1)N1CCOCC1)NCCc1ccccc1F. The van der Waals surface area contributed by atoms with Crippen molar-refractivity contribution in [3.8, 4) is 0 Å². The predicted molar refractivity (Wildman–Crippen MR) is 114 cm³/mol. The number of halogens is 1. The summed E-state index contributed by atoms with van der Waals surface area (Å²) in [5, 5.41) is 8.74. The summed E-state index contributed by atoms with van der Waals surface area (Å²) in [5.41, 5.74) is 0.718. The van der Waals surface area contributed by atoms with Crippen LogP contribution < -0.4 is 10.6 Å². The molecule has 2 N–H and O–H groups in total. The highest BCUT2D eigenvalue weighted by Crippen LogP contribution is 2.26. The molecule has 1 aromatic heterocycles. The topological polar surface area (TPSA) is 48.9 Å². The third-order valence-corrected chi connectivity index (χ3v) is 5.74. The molecular formula is C21H29FN4OS. The number of aliphatic imine (C=N–C) groups is 1. The number of hydrogen-bond donors (Lipinski definition) is 2. The maximum Gasteiger partial charge on any atom is 0.191 e. The van der Waals surface area contributed by atoms with Crippen molar-refractivity contribution in [3.05, 3.63) is 58.0 Å². The van der Waals surface area contributed by atoms with Gasteiger partial charge in [0.25, 0.3) is 0 Å². The maximum atomic E-state index is 13.8. The van der Waals surface area contributed by atoms with E-state index in [1.807, 2.05) is 19.1 Å². The zero-order chi connectivity index (χ0) is 19.6. The monoisotopic (exact) mass is 404 g/mol. The molecule has 3 rings (SSSR count). The molecule has 0 spiro atoms. The highest BCUT2D eigenvalue weighted by molar-refractivity contribution is 7.10. The van der Waals surface area contributed by atoms with Gasteiger partial charge in [0.1, 0.15) is 5.82 Å². The third-order valence-electron chi connectivity index (χ3n) is 4.77. The molecule has 152 valence electrons. The molecule has 28 heavy (non-hydrogen) atoms. The normalized spacial score (nSPS) is 16.7. The zero-order valence-corrected chi connectivity index (χ0v) is 17.2. The molecule has 0 aliphatic carbocycles. The smallest absolute Gasteiger partial charge is 0.191 e. The van der Waals surface area contributed by atoms with Crippen LogP contribution in [0.25, 0.3) is 0 Å². The second-order valence-electron chi connectivity index (χ2n) is 6.67. The van der Waals surface area contributed by atoms with E-state index in [2.05, 4.69) is 33.0 Å². The molecular weight excluding hydrogens is 375 g/mol. The Labute approximate surface area is 170 Å². The Morgan fingerprint density at radius 3 is 2.75 bits per heavy atom. The van der Waals surface area contributed by atoms with Crippen molar-refractivity contribution in [1.82, 2.24) is 15.5 Å². The standard InChI is InChI=1S/C21H29FN4OS/c1-2-23-21(24-10-9-17-6-3-4-7-18(17)22)25-16-19(20-8-5-15-28-20)26-11-13-27-14-12-26/h3-8,15,19H,2,9-14,16H2,1H3,(H2,23,24,25). The zero-order valence-electron chi connectivity index (χ0n) is 16.4. The van der Waals surface area contributed by atoms with Crippen LogP contribution in [-0.2, 0) is 11.2 Å². The van der Waals surface area contributed by atoms with Gasteiger partial charge in [-0.15, -0.1) is 11.3 Å². The molecule has 0 saturated carbocycles. The summed E-state index contributed by atoms with van der Waals surface area (Å²) in [7, 11) is 0. The summed E-state index contributed by atoms with van der Waals surface area (Å²) in [4.78, 5) is 8.60. The number of rotatable bonds is 8. The number of benzene rings is 1. The van der Waals surface area contributed by atoms with Gasteiger partial charge in [0.2, 0.25) is 0 Å². The summed E-state index contributed by atoms with van der Waals surface area (Å²) in [5.74, 6) is 0.616. The first-order chi connectivity index (χ1) is 13.8. The molecule has 2 aromatic rings. The molecule has 0 amide bonds. The van der Waals surface area contributed by atoms with Gasteiger partial charge in [-0.2, -0.15) is 0 Å². The largest absolute Gasteiger partial charge is 0.379 e. The van der Waals surface area contributed by atoms with Gasteiger partial charge in [-0.1, -0.05) is 24.3 Å². The molecule has 0 radical (unpaired) electrons. The number of ether oxygens (including phenoxy) is 1. The van der Waals surface area contributed by atoms with Crippen molar-refractivity contribution in [1.29, 1.82) is 0 Å². The Kier molecular flexibility index (Phi) is 8.26. The molecule has 1 aromatic carbocycles. The van der Waals surface area contributed by atoms with E-state index in [-0.39, 0.29) is 11.9 Å². The van der Waals surface area contributed by atoms with Gasteiger partial charge < -0.3 is 15.4 Å². The van der Waals surface area contributed by atoms with Crippen LogP contribution in [0.4, 0.5) is 4.39 Å². The van der Waals surface area contributed by atoms with Gasteiger partial charge in [0.05, 0.1) is 25.8 Å². The molecule has 5 nitrogen and oxygen atoms in total. The van der Waals surface area contributed by atoms with E-state index >= 15 is 0 Å². The van der Waals surface area contributed by atoms with Crippen LogP contribution in [0.15, 0.2) is 46.8 Å². The van der Waals surface area contributed by atoms with Gasteiger partial charge in [-0.25, -0.2) is 4.39 Å².